The van der Waals surface area contributed by atoms with Gasteiger partial charge >= 0.3 is 0 Å². The van der Waals surface area contributed by atoms with Crippen LogP contribution in [0, 0.1) is 0 Å². The van der Waals surface area contributed by atoms with E-state index in [2.05, 4.69) is 67.4 Å². The van der Waals surface area contributed by atoms with Crippen LogP contribution in [0.1, 0.15) is 42.6 Å². The van der Waals surface area contributed by atoms with Gasteiger partial charge in [-0.1, -0.05) is 24.3 Å². The highest BCUT2D eigenvalue weighted by atomic mass is 15.2. The molecule has 4 aromatic rings. The standard InChI is InChI=1S/C24H28N6/c1-2-4-23-21(3-1)27-24(19-7-10-25-14-19)30(23)20-8-11-29(12-9-20)16-17-5-6-18-15-26-28-22(18)13-17/h1-6,13,15,19-20,25H,7-12,14,16H2,(H,26,28). The van der Waals surface area contributed by atoms with Gasteiger partial charge in [0.1, 0.15) is 5.82 Å². The number of hydrogen-bond acceptors (Lipinski definition) is 4. The fourth-order valence-corrected chi connectivity index (χ4v) is 5.29. The van der Waals surface area contributed by atoms with Crippen molar-refractivity contribution in [2.75, 3.05) is 26.2 Å². The molecule has 0 amide bonds. The molecule has 154 valence electrons. The van der Waals surface area contributed by atoms with Crippen molar-refractivity contribution >= 4 is 21.9 Å². The number of hydrogen-bond donors (Lipinski definition) is 2. The molecule has 0 saturated carbocycles. The van der Waals surface area contributed by atoms with E-state index in [1.807, 2.05) is 6.20 Å². The Labute approximate surface area is 176 Å². The lowest BCUT2D eigenvalue weighted by molar-refractivity contribution is 0.179. The predicted octanol–water partition coefficient (Wildman–Crippen LogP) is 3.83. The Bertz CT molecular complexity index is 1160. The number of para-hydroxylation sites is 2. The van der Waals surface area contributed by atoms with Gasteiger partial charge in [-0.3, -0.25) is 10.00 Å². The van der Waals surface area contributed by atoms with Crippen molar-refractivity contribution in [2.45, 2.75) is 37.8 Å². The normalized spacial score (nSPS) is 21.1. The number of nitrogens with one attached hydrogen (secondary N) is 2. The first-order valence-electron chi connectivity index (χ1n) is 11.2. The van der Waals surface area contributed by atoms with Crippen LogP contribution < -0.4 is 5.32 Å². The molecular formula is C24H28N6. The maximum Gasteiger partial charge on any atom is 0.114 e. The van der Waals surface area contributed by atoms with Gasteiger partial charge < -0.3 is 9.88 Å². The largest absolute Gasteiger partial charge is 0.324 e. The van der Waals surface area contributed by atoms with Crippen molar-refractivity contribution < 1.29 is 0 Å². The summed E-state index contributed by atoms with van der Waals surface area (Å²) in [6.07, 6.45) is 5.44. The molecule has 4 heterocycles. The number of nitrogens with zero attached hydrogens (tertiary/aromatic N) is 4. The summed E-state index contributed by atoms with van der Waals surface area (Å²) >= 11 is 0. The summed E-state index contributed by atoms with van der Waals surface area (Å²) in [6.45, 7) is 5.41. The number of aromatic amines is 1. The van der Waals surface area contributed by atoms with Gasteiger partial charge in [0.25, 0.3) is 0 Å². The molecule has 1 unspecified atom stereocenters. The summed E-state index contributed by atoms with van der Waals surface area (Å²) in [6, 6.07) is 15.9. The smallest absolute Gasteiger partial charge is 0.114 e. The molecule has 0 aliphatic carbocycles. The number of fused-ring (bicyclic) bond motifs is 2. The van der Waals surface area contributed by atoms with E-state index >= 15 is 0 Å². The average Bonchev–Trinajstić information content (AvgIpc) is 3.53. The zero-order chi connectivity index (χ0) is 19.9. The van der Waals surface area contributed by atoms with Crippen molar-refractivity contribution in [1.29, 1.82) is 0 Å². The number of likely N-dealkylation sites (tertiary alicyclic amines) is 1. The monoisotopic (exact) mass is 400 g/mol. The van der Waals surface area contributed by atoms with E-state index < -0.39 is 0 Å². The molecule has 6 rings (SSSR count). The summed E-state index contributed by atoms with van der Waals surface area (Å²) in [5.74, 6) is 1.83. The summed E-state index contributed by atoms with van der Waals surface area (Å²) in [5, 5.41) is 11.9. The molecule has 6 heteroatoms. The number of H-pyrrole nitrogens is 1. The topological polar surface area (TPSA) is 61.8 Å². The number of benzene rings is 2. The Morgan fingerprint density at radius 3 is 2.80 bits per heavy atom. The zero-order valence-corrected chi connectivity index (χ0v) is 17.2. The van der Waals surface area contributed by atoms with Crippen molar-refractivity contribution in [3.63, 3.8) is 0 Å². The Kier molecular flexibility index (Phi) is 4.54. The van der Waals surface area contributed by atoms with Crippen LogP contribution in [0.5, 0.6) is 0 Å². The predicted molar refractivity (Wildman–Crippen MR) is 120 cm³/mol. The van der Waals surface area contributed by atoms with Gasteiger partial charge in [0.2, 0.25) is 0 Å². The van der Waals surface area contributed by atoms with Crippen LogP contribution in [0.3, 0.4) is 0 Å². The van der Waals surface area contributed by atoms with Gasteiger partial charge in [-0.05, 0) is 49.6 Å². The minimum Gasteiger partial charge on any atom is -0.324 e. The second-order valence-electron chi connectivity index (χ2n) is 8.82. The molecule has 30 heavy (non-hydrogen) atoms. The highest BCUT2D eigenvalue weighted by Crippen LogP contribution is 2.34. The van der Waals surface area contributed by atoms with Gasteiger partial charge in [0.15, 0.2) is 0 Å². The third-order valence-electron chi connectivity index (χ3n) is 6.88. The SMILES string of the molecule is c1ccc2c(c1)nc(C1CCNC1)n2C1CCN(Cc2ccc3cn[nH]c3c2)CC1. The first kappa shape index (κ1) is 18.1. The summed E-state index contributed by atoms with van der Waals surface area (Å²) in [5.41, 5.74) is 4.94. The highest BCUT2D eigenvalue weighted by molar-refractivity contribution is 5.78. The second kappa shape index (κ2) is 7.52. The van der Waals surface area contributed by atoms with Gasteiger partial charge in [-0.2, -0.15) is 5.10 Å². The molecular weight excluding hydrogens is 372 g/mol. The maximum atomic E-state index is 5.08. The van der Waals surface area contributed by atoms with Gasteiger partial charge in [-0.25, -0.2) is 4.98 Å². The second-order valence-corrected chi connectivity index (χ2v) is 8.82. The maximum absolute atomic E-state index is 5.08. The van der Waals surface area contributed by atoms with Crippen molar-refractivity contribution in [3.8, 4) is 0 Å². The van der Waals surface area contributed by atoms with E-state index in [9.17, 15) is 0 Å². The van der Waals surface area contributed by atoms with Crippen molar-refractivity contribution in [2.24, 2.45) is 0 Å². The molecule has 2 saturated heterocycles. The van der Waals surface area contributed by atoms with Crippen molar-refractivity contribution in [1.82, 2.24) is 30.0 Å². The van der Waals surface area contributed by atoms with Crippen LogP contribution in [-0.4, -0.2) is 50.8 Å². The third kappa shape index (κ3) is 3.20. The molecule has 2 fully saturated rings. The molecule has 2 aromatic heterocycles. The van der Waals surface area contributed by atoms with Crippen LogP contribution in [0.15, 0.2) is 48.7 Å². The molecule has 1 atom stereocenters. The van der Waals surface area contributed by atoms with Crippen LogP contribution >= 0.6 is 0 Å². The molecule has 0 bridgehead atoms. The lowest BCUT2D eigenvalue weighted by Crippen LogP contribution is -2.34. The number of aromatic nitrogens is 4. The number of rotatable bonds is 4. The summed E-state index contributed by atoms with van der Waals surface area (Å²) in [4.78, 5) is 7.67. The molecule has 0 spiro atoms. The first-order chi connectivity index (χ1) is 14.8. The third-order valence-corrected chi connectivity index (χ3v) is 6.88. The Morgan fingerprint density at radius 1 is 1.03 bits per heavy atom. The van der Waals surface area contributed by atoms with Crippen LogP contribution in [-0.2, 0) is 6.54 Å². The fourth-order valence-electron chi connectivity index (χ4n) is 5.29. The summed E-state index contributed by atoms with van der Waals surface area (Å²) < 4.78 is 2.58. The summed E-state index contributed by atoms with van der Waals surface area (Å²) in [7, 11) is 0. The van der Waals surface area contributed by atoms with Crippen molar-refractivity contribution in [3.05, 3.63) is 60.0 Å². The van der Waals surface area contributed by atoms with E-state index in [0.29, 0.717) is 12.0 Å². The average molecular weight is 401 g/mol. The lowest BCUT2D eigenvalue weighted by atomic mass is 10.0. The van der Waals surface area contributed by atoms with Gasteiger partial charge in [-0.15, -0.1) is 0 Å². The van der Waals surface area contributed by atoms with E-state index in [0.717, 1.165) is 43.8 Å². The van der Waals surface area contributed by atoms with Gasteiger partial charge in [0.05, 0.1) is 22.7 Å². The Morgan fingerprint density at radius 2 is 1.93 bits per heavy atom. The highest BCUT2D eigenvalue weighted by Gasteiger charge is 2.29. The van der Waals surface area contributed by atoms with E-state index in [-0.39, 0.29) is 0 Å². The molecule has 2 N–H and O–H groups in total. The molecule has 0 radical (unpaired) electrons. The van der Waals surface area contributed by atoms with Gasteiger partial charge in [0, 0.05) is 43.5 Å². The molecule has 2 aromatic carbocycles. The Balaban J connectivity index is 1.21. The molecule has 6 nitrogen and oxygen atoms in total. The van der Waals surface area contributed by atoms with E-state index in [1.165, 1.54) is 41.6 Å². The van der Waals surface area contributed by atoms with Crippen LogP contribution in [0.2, 0.25) is 0 Å². The number of piperidine rings is 1. The molecule has 2 aliphatic rings. The minimum atomic E-state index is 0.538. The minimum absolute atomic E-state index is 0.538. The Hall–Kier alpha value is -2.70. The quantitative estimate of drug-likeness (QED) is 0.547. The fraction of sp³-hybridized carbons (Fsp3) is 0.417. The number of imidazole rings is 1. The first-order valence-corrected chi connectivity index (χ1v) is 11.2. The molecule has 2 aliphatic heterocycles. The van der Waals surface area contributed by atoms with Crippen LogP contribution in [0.25, 0.3) is 21.9 Å². The van der Waals surface area contributed by atoms with E-state index in [4.69, 9.17) is 4.98 Å². The van der Waals surface area contributed by atoms with Crippen LogP contribution in [0.4, 0.5) is 0 Å². The van der Waals surface area contributed by atoms with E-state index in [1.54, 1.807) is 0 Å². The zero-order valence-electron chi connectivity index (χ0n) is 17.2. The lowest BCUT2D eigenvalue weighted by Gasteiger charge is -2.34.